The lowest BCUT2D eigenvalue weighted by Gasteiger charge is -2.21. The average Bonchev–Trinajstić information content (AvgIpc) is 2.67. The van der Waals surface area contributed by atoms with Crippen molar-refractivity contribution in [1.29, 1.82) is 0 Å². The molecule has 1 saturated carbocycles. The van der Waals surface area contributed by atoms with Crippen LogP contribution in [0.15, 0.2) is 5.38 Å². The summed E-state index contributed by atoms with van der Waals surface area (Å²) in [6.45, 7) is 0. The predicted molar refractivity (Wildman–Crippen MR) is 59.2 cm³/mol. The third-order valence-electron chi connectivity index (χ3n) is 2.49. The van der Waals surface area contributed by atoms with Gasteiger partial charge in [0.15, 0.2) is 0 Å². The Morgan fingerprint density at radius 1 is 1.43 bits per heavy atom. The van der Waals surface area contributed by atoms with E-state index in [0.717, 1.165) is 10.9 Å². The molecule has 0 unspecified atom stereocenters. The number of nitrogens with zero attached hydrogens (tertiary/aromatic N) is 1. The molecule has 1 heterocycles. The highest BCUT2D eigenvalue weighted by Crippen LogP contribution is 2.26. The van der Waals surface area contributed by atoms with E-state index >= 15 is 0 Å². The Kier molecular flexibility index (Phi) is 3.65. The molecule has 0 N–H and O–H groups in total. The van der Waals surface area contributed by atoms with Gasteiger partial charge in [-0.3, -0.25) is 0 Å². The second kappa shape index (κ2) is 4.99. The minimum atomic E-state index is 0.387. The molecular weight excluding hydrogens is 218 g/mol. The van der Waals surface area contributed by atoms with Crippen molar-refractivity contribution in [2.24, 2.45) is 0 Å². The number of alkyl halides is 1. The third kappa shape index (κ3) is 2.61. The summed E-state index contributed by atoms with van der Waals surface area (Å²) in [7, 11) is 0. The first-order valence-corrected chi connectivity index (χ1v) is 6.47. The summed E-state index contributed by atoms with van der Waals surface area (Å²) in [6, 6.07) is 0. The summed E-state index contributed by atoms with van der Waals surface area (Å²) in [6.07, 6.45) is 6.67. The van der Waals surface area contributed by atoms with E-state index in [-0.39, 0.29) is 0 Å². The molecule has 0 bridgehead atoms. The molecule has 0 aliphatic heterocycles. The molecule has 0 radical (unpaired) electrons. The van der Waals surface area contributed by atoms with Gasteiger partial charge in [-0.05, 0) is 25.7 Å². The number of thiazole rings is 1. The summed E-state index contributed by atoms with van der Waals surface area (Å²) in [5.74, 6) is 0.477. The lowest BCUT2D eigenvalue weighted by Crippen LogP contribution is -2.19. The maximum absolute atomic E-state index is 5.79. The Balaban J connectivity index is 1.89. The van der Waals surface area contributed by atoms with Gasteiger partial charge in [-0.1, -0.05) is 17.8 Å². The van der Waals surface area contributed by atoms with Gasteiger partial charge in [-0.2, -0.15) is 0 Å². The molecule has 1 aromatic heterocycles. The van der Waals surface area contributed by atoms with Gasteiger partial charge in [0, 0.05) is 5.38 Å². The summed E-state index contributed by atoms with van der Waals surface area (Å²) >= 11 is 7.22. The zero-order valence-corrected chi connectivity index (χ0v) is 9.61. The first kappa shape index (κ1) is 10.2. The van der Waals surface area contributed by atoms with Crippen molar-refractivity contribution >= 4 is 22.9 Å². The molecule has 78 valence electrons. The highest BCUT2D eigenvalue weighted by molar-refractivity contribution is 7.11. The van der Waals surface area contributed by atoms with Gasteiger partial charge in [0.1, 0.15) is 6.10 Å². The second-order valence-corrected chi connectivity index (χ2v) is 4.70. The van der Waals surface area contributed by atoms with Crippen molar-refractivity contribution in [3.8, 4) is 5.19 Å². The van der Waals surface area contributed by atoms with E-state index in [4.69, 9.17) is 16.3 Å². The maximum atomic E-state index is 5.79. The number of rotatable bonds is 3. The normalized spacial score (nSPS) is 18.4. The van der Waals surface area contributed by atoms with Crippen LogP contribution in [0.5, 0.6) is 5.19 Å². The monoisotopic (exact) mass is 231 g/mol. The quantitative estimate of drug-likeness (QED) is 0.742. The van der Waals surface area contributed by atoms with Crippen LogP contribution in [0, 0.1) is 0 Å². The van der Waals surface area contributed by atoms with E-state index in [1.54, 1.807) is 11.3 Å². The molecule has 14 heavy (non-hydrogen) atoms. The van der Waals surface area contributed by atoms with Crippen LogP contribution in [0.1, 0.15) is 37.8 Å². The molecule has 0 saturated heterocycles. The highest BCUT2D eigenvalue weighted by Gasteiger charge is 2.16. The lowest BCUT2D eigenvalue weighted by molar-refractivity contribution is 0.154. The Morgan fingerprint density at radius 3 is 2.86 bits per heavy atom. The maximum Gasteiger partial charge on any atom is 0.273 e. The molecule has 0 atom stereocenters. The van der Waals surface area contributed by atoms with Gasteiger partial charge in [-0.25, -0.2) is 4.98 Å². The fourth-order valence-corrected chi connectivity index (χ4v) is 2.69. The summed E-state index contributed by atoms with van der Waals surface area (Å²) in [5, 5.41) is 2.75. The Hall–Kier alpha value is -0.280. The van der Waals surface area contributed by atoms with Crippen LogP contribution >= 0.6 is 22.9 Å². The van der Waals surface area contributed by atoms with Gasteiger partial charge in [-0.15, -0.1) is 11.6 Å². The highest BCUT2D eigenvalue weighted by atomic mass is 35.5. The fourth-order valence-electron chi connectivity index (χ4n) is 1.73. The van der Waals surface area contributed by atoms with Crippen LogP contribution < -0.4 is 4.74 Å². The van der Waals surface area contributed by atoms with E-state index < -0.39 is 0 Å². The lowest BCUT2D eigenvalue weighted by atomic mass is 9.98. The zero-order valence-electron chi connectivity index (χ0n) is 8.04. The molecule has 1 fully saturated rings. The molecule has 0 amide bonds. The van der Waals surface area contributed by atoms with Crippen LogP contribution in [-0.4, -0.2) is 11.1 Å². The molecule has 1 aliphatic rings. The topological polar surface area (TPSA) is 22.1 Å². The van der Waals surface area contributed by atoms with Crippen molar-refractivity contribution in [3.63, 3.8) is 0 Å². The van der Waals surface area contributed by atoms with Crippen LogP contribution in [-0.2, 0) is 5.88 Å². The van der Waals surface area contributed by atoms with Crippen LogP contribution in [0.25, 0.3) is 0 Å². The zero-order chi connectivity index (χ0) is 9.80. The van der Waals surface area contributed by atoms with Crippen LogP contribution in [0.2, 0.25) is 0 Å². The van der Waals surface area contributed by atoms with Crippen molar-refractivity contribution in [2.75, 3.05) is 0 Å². The molecule has 0 spiro atoms. The molecule has 2 rings (SSSR count). The number of hydrogen-bond acceptors (Lipinski definition) is 3. The van der Waals surface area contributed by atoms with Gasteiger partial charge in [0.25, 0.3) is 5.19 Å². The van der Waals surface area contributed by atoms with Gasteiger partial charge in [0.05, 0.1) is 11.6 Å². The minimum Gasteiger partial charge on any atom is -0.467 e. The largest absolute Gasteiger partial charge is 0.467 e. The predicted octanol–water partition coefficient (Wildman–Crippen LogP) is 3.59. The van der Waals surface area contributed by atoms with Crippen molar-refractivity contribution in [2.45, 2.75) is 44.1 Å². The first-order valence-electron chi connectivity index (χ1n) is 5.05. The molecule has 2 nitrogen and oxygen atoms in total. The van der Waals surface area contributed by atoms with Crippen molar-refractivity contribution in [3.05, 3.63) is 11.1 Å². The van der Waals surface area contributed by atoms with E-state index in [1.807, 2.05) is 5.38 Å². The number of hydrogen-bond donors (Lipinski definition) is 0. The molecule has 0 aromatic carbocycles. The van der Waals surface area contributed by atoms with Gasteiger partial charge < -0.3 is 4.74 Å². The number of halogens is 1. The second-order valence-electron chi connectivity index (χ2n) is 3.62. The van der Waals surface area contributed by atoms with Gasteiger partial charge in [0.2, 0.25) is 0 Å². The molecule has 1 aromatic rings. The van der Waals surface area contributed by atoms with E-state index in [0.29, 0.717) is 12.0 Å². The average molecular weight is 232 g/mol. The van der Waals surface area contributed by atoms with Crippen LogP contribution in [0.3, 0.4) is 0 Å². The van der Waals surface area contributed by atoms with E-state index in [1.165, 1.54) is 32.1 Å². The van der Waals surface area contributed by atoms with Crippen molar-refractivity contribution in [1.82, 2.24) is 4.98 Å². The van der Waals surface area contributed by atoms with Crippen LogP contribution in [0.4, 0.5) is 0 Å². The van der Waals surface area contributed by atoms with Gasteiger partial charge >= 0.3 is 0 Å². The fraction of sp³-hybridized carbons (Fsp3) is 0.700. The standard InChI is InChI=1S/C10H14ClNOS/c11-6-8-7-14-10(12-8)13-9-4-2-1-3-5-9/h7,9H,1-6H2. The molecule has 1 aliphatic carbocycles. The first-order chi connectivity index (χ1) is 6.88. The smallest absolute Gasteiger partial charge is 0.273 e. The summed E-state index contributed by atoms with van der Waals surface area (Å²) in [5.41, 5.74) is 0.919. The third-order valence-corrected chi connectivity index (χ3v) is 3.54. The Morgan fingerprint density at radius 2 is 2.21 bits per heavy atom. The Bertz CT molecular complexity index is 283. The Labute approximate surface area is 93.3 Å². The summed E-state index contributed by atoms with van der Waals surface area (Å²) in [4.78, 5) is 4.29. The number of ether oxygens (including phenoxy) is 1. The molecule has 4 heteroatoms. The van der Waals surface area contributed by atoms with Crippen molar-refractivity contribution < 1.29 is 4.74 Å². The number of aromatic nitrogens is 1. The minimum absolute atomic E-state index is 0.387. The molecular formula is C10H14ClNOS. The van der Waals surface area contributed by atoms with E-state index in [2.05, 4.69) is 4.98 Å². The SMILES string of the molecule is ClCc1csc(OC2CCCCC2)n1. The van der Waals surface area contributed by atoms with E-state index in [9.17, 15) is 0 Å². The summed E-state index contributed by atoms with van der Waals surface area (Å²) < 4.78 is 5.79.